The molecule has 0 radical (unpaired) electrons. The summed E-state index contributed by atoms with van der Waals surface area (Å²) >= 11 is 32.3. The Balaban J connectivity index is 0. The van der Waals surface area contributed by atoms with Crippen LogP contribution in [0.4, 0.5) is 0 Å². The van der Waals surface area contributed by atoms with Crippen molar-refractivity contribution in [3.05, 3.63) is 49.2 Å². The Morgan fingerprint density at radius 3 is 0.812 bits per heavy atom. The van der Waals surface area contributed by atoms with Gasteiger partial charge in [0.05, 0.1) is 13.2 Å². The van der Waals surface area contributed by atoms with Gasteiger partial charge < -0.3 is 10.2 Å². The van der Waals surface area contributed by atoms with Crippen LogP contribution in [0.3, 0.4) is 0 Å². The first-order valence-electron chi connectivity index (χ1n) is 7.79. The van der Waals surface area contributed by atoms with E-state index in [2.05, 4.69) is 44.9 Å². The van der Waals surface area contributed by atoms with E-state index < -0.39 is 0 Å². The zero-order valence-corrected chi connectivity index (χ0v) is 20.6. The van der Waals surface area contributed by atoms with Crippen molar-refractivity contribution in [1.29, 1.82) is 0 Å². The number of aliphatic hydroxyl groups is 2. The quantitative estimate of drug-likeness (QED) is 0.435. The molecule has 3 aromatic heterocycles. The third-order valence-corrected chi connectivity index (χ3v) is 3.19. The second kappa shape index (κ2) is 18.2. The highest BCUT2D eigenvalue weighted by atomic mass is 35.5. The van der Waals surface area contributed by atoms with Gasteiger partial charge in [0.2, 0.25) is 31.7 Å². The molecule has 0 saturated carbocycles. The highest BCUT2D eigenvalue weighted by molar-refractivity contribution is 6.33. The molecule has 17 heteroatoms. The molecular weight excluding hydrogens is 551 g/mol. The van der Waals surface area contributed by atoms with E-state index in [1.807, 2.05) is 0 Å². The van der Waals surface area contributed by atoms with Crippen LogP contribution in [0, 0.1) is 20.8 Å². The fourth-order valence-corrected chi connectivity index (χ4v) is 2.60. The minimum Gasteiger partial charge on any atom is -0.394 e. The maximum Gasteiger partial charge on any atom is 0.227 e. The van der Waals surface area contributed by atoms with E-state index in [1.165, 1.54) is 0 Å². The number of hydrogen-bond acceptors (Lipinski definition) is 11. The van der Waals surface area contributed by atoms with Crippen LogP contribution in [0.15, 0.2) is 0 Å². The molecule has 0 aliphatic heterocycles. The summed E-state index contributed by atoms with van der Waals surface area (Å²) in [6, 6.07) is 0. The van der Waals surface area contributed by atoms with Crippen molar-refractivity contribution < 1.29 is 10.2 Å². The Morgan fingerprint density at radius 2 is 0.625 bits per heavy atom. The Morgan fingerprint density at radius 1 is 0.438 bits per heavy atom. The smallest absolute Gasteiger partial charge is 0.227 e. The van der Waals surface area contributed by atoms with E-state index in [0.29, 0.717) is 17.5 Å². The maximum atomic E-state index is 7.62. The topological polar surface area (TPSA) is 156 Å². The van der Waals surface area contributed by atoms with Crippen LogP contribution in [-0.2, 0) is 0 Å². The molecule has 0 saturated heterocycles. The zero-order chi connectivity index (χ0) is 24.0. The molecule has 32 heavy (non-hydrogen) atoms. The van der Waals surface area contributed by atoms with E-state index in [1.54, 1.807) is 20.8 Å². The Bertz CT molecular complexity index is 684. The van der Waals surface area contributed by atoms with Gasteiger partial charge in [-0.25, -0.2) is 24.9 Å². The second-order valence-corrected chi connectivity index (χ2v) is 6.74. The van der Waals surface area contributed by atoms with Gasteiger partial charge >= 0.3 is 0 Å². The molecule has 0 aromatic carbocycles. The molecule has 178 valence electrons. The third kappa shape index (κ3) is 17.3. The van der Waals surface area contributed by atoms with Crippen molar-refractivity contribution in [3.8, 4) is 0 Å². The predicted molar refractivity (Wildman–Crippen MR) is 125 cm³/mol. The highest BCUT2D eigenvalue weighted by Crippen LogP contribution is 2.08. The number of halogens is 6. The van der Waals surface area contributed by atoms with Crippen molar-refractivity contribution >= 4 is 69.6 Å². The lowest BCUT2D eigenvalue weighted by Gasteiger charge is -1.92. The van der Waals surface area contributed by atoms with Crippen LogP contribution in [0.1, 0.15) is 24.9 Å². The fourth-order valence-electron chi connectivity index (χ4n) is 1.30. The third-order valence-electron chi connectivity index (χ3n) is 2.18. The molecule has 0 spiro atoms. The number of aryl methyl sites for hydroxylation is 3. The van der Waals surface area contributed by atoms with E-state index >= 15 is 0 Å². The molecule has 11 nitrogen and oxygen atoms in total. The molecular formula is C15H19Cl6N9O2. The second-order valence-electron chi connectivity index (χ2n) is 4.71. The van der Waals surface area contributed by atoms with Gasteiger partial charge in [0.25, 0.3) is 0 Å². The molecule has 2 N–H and O–H groups in total. The lowest BCUT2D eigenvalue weighted by Crippen LogP contribution is -1.94. The Labute approximate surface area is 214 Å². The van der Waals surface area contributed by atoms with Crippen LogP contribution >= 0.6 is 69.6 Å². The van der Waals surface area contributed by atoms with Crippen LogP contribution in [0.25, 0.3) is 0 Å². The molecule has 0 aliphatic carbocycles. The first kappa shape index (κ1) is 32.9. The molecule has 3 heterocycles. The summed E-state index contributed by atoms with van der Waals surface area (Å²) in [7, 11) is 0. The van der Waals surface area contributed by atoms with Gasteiger partial charge in [0, 0.05) is 0 Å². The van der Waals surface area contributed by atoms with Crippen molar-refractivity contribution in [2.45, 2.75) is 28.2 Å². The highest BCUT2D eigenvalue weighted by Gasteiger charge is 1.98. The van der Waals surface area contributed by atoms with Crippen LogP contribution in [0.2, 0.25) is 31.7 Å². The first-order valence-corrected chi connectivity index (χ1v) is 10.1. The number of hydrogen-bond donors (Lipinski definition) is 2. The normalized spacial score (nSPS) is 9.09. The average Bonchev–Trinajstić information content (AvgIpc) is 2.59. The van der Waals surface area contributed by atoms with E-state index in [4.69, 9.17) is 79.8 Å². The number of aliphatic hydroxyl groups excluding tert-OH is 2. The summed E-state index contributed by atoms with van der Waals surface area (Å²) in [5, 5.41) is 15.8. The van der Waals surface area contributed by atoms with Crippen molar-refractivity contribution in [1.82, 2.24) is 44.9 Å². The van der Waals surface area contributed by atoms with Gasteiger partial charge in [-0.05, 0) is 90.4 Å². The lowest BCUT2D eigenvalue weighted by molar-refractivity contribution is 0.186. The Hall–Kier alpha value is -1.31. The van der Waals surface area contributed by atoms with Gasteiger partial charge in [-0.2, -0.15) is 19.9 Å². The standard InChI is InChI=1S/C5H6ClN3.C4H3Cl2N3.C3Cl3N3.C2H6O2.CH4/c1-3-7-4(2)9-5(6)8-3;1-2-7-3(5)9-4(6)8-2;4-1-7-2(5)9-3(6)8-1;3-1-2-4;/h1-2H3;1H3;;3-4H,1-2H2;1H4. The minimum atomic E-state index is -0.125. The maximum absolute atomic E-state index is 7.62. The van der Waals surface area contributed by atoms with Crippen molar-refractivity contribution in [2.75, 3.05) is 13.2 Å². The van der Waals surface area contributed by atoms with Gasteiger partial charge in [-0.1, -0.05) is 7.43 Å². The Kier molecular flexibility index (Phi) is 18.6. The number of nitrogens with zero attached hydrogens (tertiary/aromatic N) is 9. The molecule has 0 fully saturated rings. The lowest BCUT2D eigenvalue weighted by atomic mass is 10.6. The first-order chi connectivity index (χ1) is 14.5. The fraction of sp³-hybridized carbons (Fsp3) is 0.400. The van der Waals surface area contributed by atoms with Gasteiger partial charge in [0.15, 0.2) is 0 Å². The predicted octanol–water partition coefficient (Wildman–Crippen LogP) is 4.07. The summed E-state index contributed by atoms with van der Waals surface area (Å²) in [5.74, 6) is 1.85. The summed E-state index contributed by atoms with van der Waals surface area (Å²) in [6.45, 7) is 5.00. The molecule has 0 aliphatic rings. The summed E-state index contributed by atoms with van der Waals surface area (Å²) in [4.78, 5) is 32.8. The molecule has 0 amide bonds. The van der Waals surface area contributed by atoms with Crippen LogP contribution in [-0.4, -0.2) is 68.3 Å². The van der Waals surface area contributed by atoms with Crippen molar-refractivity contribution in [2.24, 2.45) is 0 Å². The van der Waals surface area contributed by atoms with E-state index in [0.717, 1.165) is 0 Å². The van der Waals surface area contributed by atoms with E-state index in [-0.39, 0.29) is 52.3 Å². The molecule has 3 rings (SSSR count). The van der Waals surface area contributed by atoms with Gasteiger partial charge in [0.1, 0.15) is 17.5 Å². The van der Waals surface area contributed by atoms with Gasteiger partial charge in [-0.3, -0.25) is 0 Å². The van der Waals surface area contributed by atoms with E-state index in [9.17, 15) is 0 Å². The van der Waals surface area contributed by atoms with Crippen LogP contribution < -0.4 is 0 Å². The molecule has 0 unspecified atom stereocenters. The zero-order valence-electron chi connectivity index (χ0n) is 16.1. The largest absolute Gasteiger partial charge is 0.394 e. The molecule has 3 aromatic rings. The van der Waals surface area contributed by atoms with Gasteiger partial charge in [-0.15, -0.1) is 0 Å². The van der Waals surface area contributed by atoms with Crippen LogP contribution in [0.5, 0.6) is 0 Å². The number of aromatic nitrogens is 9. The molecule has 0 atom stereocenters. The minimum absolute atomic E-state index is 0. The SMILES string of the molecule is C.Cc1nc(C)nc(Cl)n1.Cc1nc(Cl)nc(Cl)n1.Clc1nc(Cl)nc(Cl)n1.OCCO. The average molecular weight is 570 g/mol. The van der Waals surface area contributed by atoms with Crippen molar-refractivity contribution in [3.63, 3.8) is 0 Å². The summed E-state index contributed by atoms with van der Waals surface area (Å²) < 4.78 is 0. The summed E-state index contributed by atoms with van der Waals surface area (Å²) in [5.41, 5.74) is 0. The number of rotatable bonds is 1. The monoisotopic (exact) mass is 567 g/mol. The summed E-state index contributed by atoms with van der Waals surface area (Å²) in [6.07, 6.45) is 0. The molecule has 0 bridgehead atoms.